The molecule has 0 radical (unpaired) electrons. The van der Waals surface area contributed by atoms with Crippen molar-refractivity contribution >= 4 is 40.5 Å². The summed E-state index contributed by atoms with van der Waals surface area (Å²) in [7, 11) is 0. The Hall–Kier alpha value is -2.55. The summed E-state index contributed by atoms with van der Waals surface area (Å²) in [6, 6.07) is 12.0. The van der Waals surface area contributed by atoms with Crippen LogP contribution in [0.15, 0.2) is 48.2 Å². The molecule has 2 aromatic rings. The molecule has 0 atom stereocenters. The first kappa shape index (κ1) is 22.7. The number of carbonyl (C=O) groups excluding carboxylic acids is 1. The number of benzene rings is 2. The summed E-state index contributed by atoms with van der Waals surface area (Å²) < 4.78 is 12.3. The van der Waals surface area contributed by atoms with Crippen molar-refractivity contribution in [2.75, 3.05) is 13.2 Å². The molecule has 2 aromatic carbocycles. The zero-order chi connectivity index (χ0) is 21.2. The number of carboxylic acids is 1. The van der Waals surface area contributed by atoms with E-state index in [-0.39, 0.29) is 5.70 Å². The van der Waals surface area contributed by atoms with E-state index in [2.05, 4.69) is 34.8 Å². The maximum Gasteiger partial charge on any atom is 0.352 e. The SMILES string of the molecule is CCCCOc1c(I)cc(/C=C(/NC(=O)c2ccccc2)C(=O)O)cc1OCC. The molecule has 0 fully saturated rings. The summed E-state index contributed by atoms with van der Waals surface area (Å²) in [5.41, 5.74) is 0.743. The first-order valence-corrected chi connectivity index (χ1v) is 10.4. The fourth-order valence-corrected chi connectivity index (χ4v) is 3.28. The van der Waals surface area contributed by atoms with Gasteiger partial charge in [-0.2, -0.15) is 0 Å². The molecule has 154 valence electrons. The van der Waals surface area contributed by atoms with Gasteiger partial charge >= 0.3 is 5.97 Å². The molecular formula is C22H24INO5. The zero-order valence-electron chi connectivity index (χ0n) is 16.4. The third-order valence-electron chi connectivity index (χ3n) is 3.90. The molecule has 6 nitrogen and oxygen atoms in total. The molecule has 0 aliphatic rings. The molecule has 0 saturated carbocycles. The predicted octanol–water partition coefficient (Wildman–Crippen LogP) is 4.72. The van der Waals surface area contributed by atoms with Gasteiger partial charge in [0, 0.05) is 5.56 Å². The average Bonchev–Trinajstić information content (AvgIpc) is 2.70. The van der Waals surface area contributed by atoms with E-state index in [9.17, 15) is 14.7 Å². The van der Waals surface area contributed by atoms with Crippen LogP contribution in [0.1, 0.15) is 42.6 Å². The second-order valence-electron chi connectivity index (χ2n) is 6.15. The molecular weight excluding hydrogens is 485 g/mol. The number of rotatable bonds is 10. The van der Waals surface area contributed by atoms with E-state index in [4.69, 9.17) is 9.47 Å². The Bertz CT molecular complexity index is 880. The van der Waals surface area contributed by atoms with Gasteiger partial charge in [0.2, 0.25) is 0 Å². The predicted molar refractivity (Wildman–Crippen MR) is 120 cm³/mol. The monoisotopic (exact) mass is 509 g/mol. The smallest absolute Gasteiger partial charge is 0.352 e. The molecule has 0 spiro atoms. The Kier molecular flexibility index (Phi) is 8.98. The van der Waals surface area contributed by atoms with Gasteiger partial charge in [-0.15, -0.1) is 0 Å². The molecule has 0 aliphatic heterocycles. The summed E-state index contributed by atoms with van der Waals surface area (Å²) in [5.74, 6) is -0.534. The van der Waals surface area contributed by atoms with E-state index in [1.54, 1.807) is 42.5 Å². The number of unbranched alkanes of at least 4 members (excludes halogenated alkanes) is 1. The number of hydrogen-bond donors (Lipinski definition) is 2. The lowest BCUT2D eigenvalue weighted by molar-refractivity contribution is -0.132. The Labute approximate surface area is 184 Å². The standard InChI is InChI=1S/C22H24INO5/c1-3-5-11-29-20-17(23)12-15(14-19(20)28-4-2)13-18(22(26)27)24-21(25)16-9-7-6-8-10-16/h6-10,12-14H,3-5,11H2,1-2H3,(H,24,25)(H,26,27)/b18-13+. The molecule has 0 aliphatic carbocycles. The van der Waals surface area contributed by atoms with E-state index in [1.807, 2.05) is 6.92 Å². The molecule has 29 heavy (non-hydrogen) atoms. The van der Waals surface area contributed by atoms with Gasteiger partial charge < -0.3 is 19.9 Å². The van der Waals surface area contributed by atoms with Crippen LogP contribution in [0.2, 0.25) is 0 Å². The van der Waals surface area contributed by atoms with E-state index >= 15 is 0 Å². The van der Waals surface area contributed by atoms with Crippen LogP contribution in [0.3, 0.4) is 0 Å². The molecule has 2 rings (SSSR count). The summed E-state index contributed by atoms with van der Waals surface area (Å²) in [6.45, 7) is 4.98. The van der Waals surface area contributed by atoms with E-state index in [1.165, 1.54) is 6.08 Å². The molecule has 2 N–H and O–H groups in total. The lowest BCUT2D eigenvalue weighted by atomic mass is 10.1. The number of ether oxygens (including phenoxy) is 2. The van der Waals surface area contributed by atoms with Crippen molar-refractivity contribution in [3.63, 3.8) is 0 Å². The van der Waals surface area contributed by atoms with Crippen LogP contribution < -0.4 is 14.8 Å². The van der Waals surface area contributed by atoms with E-state index in [0.717, 1.165) is 16.4 Å². The zero-order valence-corrected chi connectivity index (χ0v) is 18.6. The summed E-state index contributed by atoms with van der Waals surface area (Å²) in [4.78, 5) is 24.0. The van der Waals surface area contributed by atoms with Crippen LogP contribution in [0, 0.1) is 3.57 Å². The second kappa shape index (κ2) is 11.5. The first-order valence-electron chi connectivity index (χ1n) is 9.36. The highest BCUT2D eigenvalue weighted by Gasteiger charge is 2.16. The van der Waals surface area contributed by atoms with Crippen molar-refractivity contribution in [2.24, 2.45) is 0 Å². The largest absolute Gasteiger partial charge is 0.490 e. The van der Waals surface area contributed by atoms with Gasteiger partial charge in [-0.1, -0.05) is 31.5 Å². The fraction of sp³-hybridized carbons (Fsp3) is 0.273. The van der Waals surface area contributed by atoms with Crippen molar-refractivity contribution < 1.29 is 24.2 Å². The van der Waals surface area contributed by atoms with Crippen molar-refractivity contribution in [2.45, 2.75) is 26.7 Å². The minimum atomic E-state index is -1.23. The number of amides is 1. The number of aliphatic carboxylic acids is 1. The molecule has 0 unspecified atom stereocenters. The van der Waals surface area contributed by atoms with Crippen molar-refractivity contribution in [3.8, 4) is 11.5 Å². The Balaban J connectivity index is 2.32. The topological polar surface area (TPSA) is 84.9 Å². The number of carboxylic acid groups (broad SMARTS) is 1. The van der Waals surface area contributed by atoms with Gasteiger partial charge in [-0.05, 0) is 71.8 Å². The third-order valence-corrected chi connectivity index (χ3v) is 4.70. The number of carbonyl (C=O) groups is 2. The van der Waals surface area contributed by atoms with Crippen molar-refractivity contribution in [3.05, 3.63) is 62.9 Å². The van der Waals surface area contributed by atoms with Gasteiger partial charge in [-0.3, -0.25) is 4.79 Å². The van der Waals surface area contributed by atoms with Gasteiger partial charge in [0.1, 0.15) is 5.70 Å². The fourth-order valence-electron chi connectivity index (χ4n) is 2.49. The van der Waals surface area contributed by atoms with Crippen LogP contribution in [0.5, 0.6) is 11.5 Å². The van der Waals surface area contributed by atoms with Gasteiger partial charge in [0.25, 0.3) is 5.91 Å². The maximum atomic E-state index is 12.3. The number of halogens is 1. The minimum absolute atomic E-state index is 0.225. The third kappa shape index (κ3) is 6.77. The number of hydrogen-bond acceptors (Lipinski definition) is 4. The van der Waals surface area contributed by atoms with Crippen molar-refractivity contribution in [1.29, 1.82) is 0 Å². The molecule has 0 saturated heterocycles. The van der Waals surface area contributed by atoms with Crippen LogP contribution in [-0.4, -0.2) is 30.2 Å². The average molecular weight is 509 g/mol. The molecule has 7 heteroatoms. The highest BCUT2D eigenvalue weighted by atomic mass is 127. The van der Waals surface area contributed by atoms with Crippen molar-refractivity contribution in [1.82, 2.24) is 5.32 Å². The summed E-state index contributed by atoms with van der Waals surface area (Å²) >= 11 is 2.13. The van der Waals surface area contributed by atoms with Gasteiger partial charge in [0.15, 0.2) is 11.5 Å². The quantitative estimate of drug-likeness (QED) is 0.275. The van der Waals surface area contributed by atoms with Gasteiger partial charge in [-0.25, -0.2) is 4.79 Å². The molecule has 1 amide bonds. The first-order chi connectivity index (χ1) is 14.0. The molecule has 0 bridgehead atoms. The Morgan fingerprint density at radius 1 is 1.14 bits per heavy atom. The van der Waals surface area contributed by atoms with E-state index < -0.39 is 11.9 Å². The second-order valence-corrected chi connectivity index (χ2v) is 7.31. The van der Waals surface area contributed by atoms with Crippen LogP contribution >= 0.6 is 22.6 Å². The lowest BCUT2D eigenvalue weighted by Gasteiger charge is -2.15. The van der Waals surface area contributed by atoms with Crippen LogP contribution in [0.4, 0.5) is 0 Å². The molecule has 0 aromatic heterocycles. The Morgan fingerprint density at radius 3 is 2.48 bits per heavy atom. The number of nitrogens with one attached hydrogen (secondary N) is 1. The highest BCUT2D eigenvalue weighted by molar-refractivity contribution is 14.1. The Morgan fingerprint density at radius 2 is 1.86 bits per heavy atom. The van der Waals surface area contributed by atoms with Crippen LogP contribution in [-0.2, 0) is 4.79 Å². The highest BCUT2D eigenvalue weighted by Crippen LogP contribution is 2.35. The van der Waals surface area contributed by atoms with E-state index in [0.29, 0.717) is 35.8 Å². The maximum absolute atomic E-state index is 12.3. The normalized spacial score (nSPS) is 11.1. The molecule has 0 heterocycles. The van der Waals surface area contributed by atoms with Gasteiger partial charge in [0.05, 0.1) is 16.8 Å². The van der Waals surface area contributed by atoms with Crippen LogP contribution in [0.25, 0.3) is 6.08 Å². The summed E-state index contributed by atoms with van der Waals surface area (Å²) in [6.07, 6.45) is 3.35. The lowest BCUT2D eigenvalue weighted by Crippen LogP contribution is -2.27. The minimum Gasteiger partial charge on any atom is -0.490 e. The summed E-state index contributed by atoms with van der Waals surface area (Å²) in [5, 5.41) is 12.0.